The van der Waals surface area contributed by atoms with Crippen molar-refractivity contribution in [3.63, 3.8) is 0 Å². The normalized spacial score (nSPS) is 14.0. The number of ether oxygens (including phenoxy) is 2. The fraction of sp³-hybridized carbons (Fsp3) is 0.816. The molecule has 3 N–H and O–H groups in total. The van der Waals surface area contributed by atoms with Gasteiger partial charge in [0, 0.05) is 19.6 Å². The van der Waals surface area contributed by atoms with Crippen LogP contribution in [0.4, 0.5) is 0 Å². The quantitative estimate of drug-likeness (QED) is 0.0290. The lowest BCUT2D eigenvalue weighted by Gasteiger charge is -2.20. The largest absolute Gasteiger partial charge is 0.472 e. The molecule has 0 aromatic rings. The lowest BCUT2D eigenvalue weighted by atomic mass is 10.0. The van der Waals surface area contributed by atoms with Crippen molar-refractivity contribution in [2.24, 2.45) is 5.73 Å². The highest BCUT2D eigenvalue weighted by Gasteiger charge is 2.25. The van der Waals surface area contributed by atoms with Crippen LogP contribution in [0.2, 0.25) is 0 Å². The molecule has 0 saturated carbocycles. The maximum atomic E-state index is 12.5. The number of phosphoric ester groups is 1. The van der Waals surface area contributed by atoms with Gasteiger partial charge >= 0.3 is 13.8 Å². The van der Waals surface area contributed by atoms with Crippen molar-refractivity contribution in [2.75, 3.05) is 33.0 Å². The van der Waals surface area contributed by atoms with Gasteiger partial charge in [0.1, 0.15) is 6.10 Å². The molecule has 0 aromatic heterocycles. The first kappa shape index (κ1) is 45.7. The van der Waals surface area contributed by atoms with Crippen LogP contribution in [0.5, 0.6) is 0 Å². The molecule has 8 nitrogen and oxygen atoms in total. The highest BCUT2D eigenvalue weighted by atomic mass is 31.2. The summed E-state index contributed by atoms with van der Waals surface area (Å²) < 4.78 is 33.3. The Bertz CT molecular complexity index is 818. The fourth-order valence-electron chi connectivity index (χ4n) is 5.07. The number of esters is 1. The van der Waals surface area contributed by atoms with Gasteiger partial charge in [-0.05, 0) is 44.9 Å². The molecule has 0 aliphatic heterocycles. The van der Waals surface area contributed by atoms with Crippen LogP contribution >= 0.6 is 7.82 Å². The molecule has 276 valence electrons. The Morgan fingerprint density at radius 2 is 1.19 bits per heavy atom. The lowest BCUT2D eigenvalue weighted by Crippen LogP contribution is -2.28. The minimum atomic E-state index is -4.28. The van der Waals surface area contributed by atoms with Crippen molar-refractivity contribution < 1.29 is 32.8 Å². The van der Waals surface area contributed by atoms with Crippen LogP contribution in [0, 0.1) is 0 Å². The molecule has 0 bridgehead atoms. The van der Waals surface area contributed by atoms with E-state index >= 15 is 0 Å². The molecule has 0 heterocycles. The predicted octanol–water partition coefficient (Wildman–Crippen LogP) is 10.7. The lowest BCUT2D eigenvalue weighted by molar-refractivity contribution is -0.154. The van der Waals surface area contributed by atoms with Crippen molar-refractivity contribution in [1.82, 2.24) is 0 Å². The Morgan fingerprint density at radius 3 is 1.77 bits per heavy atom. The monoisotopic (exact) mass is 686 g/mol. The van der Waals surface area contributed by atoms with E-state index < -0.39 is 13.9 Å². The Kier molecular flexibility index (Phi) is 35.0. The van der Waals surface area contributed by atoms with Crippen molar-refractivity contribution in [2.45, 2.75) is 168 Å². The van der Waals surface area contributed by atoms with E-state index in [1.807, 2.05) is 0 Å². The SMILES string of the molecule is CC/C=C\C/C=C\C/C=C\CCCCCC(=O)OC(COCCCCCCCCCCCCCCCCC)COP(=O)(O)OCCN. The molecule has 9 heteroatoms. The Balaban J connectivity index is 4.12. The minimum absolute atomic E-state index is 0.0957. The van der Waals surface area contributed by atoms with E-state index in [2.05, 4.69) is 50.3 Å². The number of phosphoric acid groups is 1. The van der Waals surface area contributed by atoms with Crippen LogP contribution in [-0.2, 0) is 27.9 Å². The number of carbonyl (C=O) groups excluding carboxylic acids is 1. The highest BCUT2D eigenvalue weighted by molar-refractivity contribution is 7.47. The summed E-state index contributed by atoms with van der Waals surface area (Å²) in [7, 11) is -4.28. The maximum Gasteiger partial charge on any atom is 0.472 e. The van der Waals surface area contributed by atoms with Crippen molar-refractivity contribution in [1.29, 1.82) is 0 Å². The Morgan fingerprint density at radius 1 is 0.660 bits per heavy atom. The molecular weight excluding hydrogens is 613 g/mol. The van der Waals surface area contributed by atoms with Crippen LogP contribution in [0.15, 0.2) is 36.5 Å². The zero-order valence-electron chi connectivity index (χ0n) is 30.3. The minimum Gasteiger partial charge on any atom is -0.457 e. The van der Waals surface area contributed by atoms with Gasteiger partial charge in [-0.2, -0.15) is 0 Å². The molecule has 0 saturated heterocycles. The van der Waals surface area contributed by atoms with Crippen LogP contribution < -0.4 is 5.73 Å². The second kappa shape index (κ2) is 36.0. The number of rotatable bonds is 36. The van der Waals surface area contributed by atoms with E-state index in [1.165, 1.54) is 83.5 Å². The van der Waals surface area contributed by atoms with Gasteiger partial charge in [0.2, 0.25) is 0 Å². The topological polar surface area (TPSA) is 117 Å². The summed E-state index contributed by atoms with van der Waals surface area (Å²) in [5.74, 6) is -0.359. The molecule has 0 aromatic carbocycles. The molecule has 0 fully saturated rings. The fourth-order valence-corrected chi connectivity index (χ4v) is 5.83. The van der Waals surface area contributed by atoms with Crippen molar-refractivity contribution >= 4 is 13.8 Å². The Labute approximate surface area is 288 Å². The zero-order valence-corrected chi connectivity index (χ0v) is 31.2. The number of hydrogen-bond acceptors (Lipinski definition) is 7. The van der Waals surface area contributed by atoms with Crippen LogP contribution in [0.25, 0.3) is 0 Å². The van der Waals surface area contributed by atoms with E-state index in [0.29, 0.717) is 6.61 Å². The molecule has 2 atom stereocenters. The smallest absolute Gasteiger partial charge is 0.457 e. The van der Waals surface area contributed by atoms with E-state index in [0.717, 1.165) is 57.8 Å². The summed E-state index contributed by atoms with van der Waals surface area (Å²) in [6.07, 6.45) is 38.7. The van der Waals surface area contributed by atoms with Gasteiger partial charge < -0.3 is 20.1 Å². The summed E-state index contributed by atoms with van der Waals surface area (Å²) >= 11 is 0. The zero-order chi connectivity index (χ0) is 34.5. The summed E-state index contributed by atoms with van der Waals surface area (Å²) in [4.78, 5) is 22.3. The van der Waals surface area contributed by atoms with E-state index in [1.54, 1.807) is 0 Å². The number of hydrogen-bond donors (Lipinski definition) is 2. The van der Waals surface area contributed by atoms with E-state index in [9.17, 15) is 14.3 Å². The Hall–Kier alpha value is -1.28. The molecule has 2 unspecified atom stereocenters. The number of nitrogens with two attached hydrogens (primary N) is 1. The highest BCUT2D eigenvalue weighted by Crippen LogP contribution is 2.43. The average molecular weight is 686 g/mol. The standard InChI is InChI=1S/C38H72NO7P/c1-3-5-7-9-11-13-15-17-18-20-22-24-26-28-30-33-43-35-37(36-45-47(41,42)44-34-32-39)46-38(40)31-29-27-25-23-21-19-16-14-12-10-8-6-4-2/h6,8,12,14,19,21,37H,3-5,7,9-11,13,15-18,20,22-36,39H2,1-2H3,(H,41,42)/b8-6-,14-12-,21-19-. The van der Waals surface area contributed by atoms with Gasteiger partial charge in [-0.25, -0.2) is 4.57 Å². The van der Waals surface area contributed by atoms with Crippen LogP contribution in [-0.4, -0.2) is 49.9 Å². The first-order valence-electron chi connectivity index (χ1n) is 19.0. The summed E-state index contributed by atoms with van der Waals surface area (Å²) in [5, 5.41) is 0. The third-order valence-electron chi connectivity index (χ3n) is 7.82. The molecule has 0 radical (unpaired) electrons. The van der Waals surface area contributed by atoms with E-state index in [4.69, 9.17) is 24.3 Å². The average Bonchev–Trinajstić information content (AvgIpc) is 3.06. The first-order chi connectivity index (χ1) is 22.9. The van der Waals surface area contributed by atoms with Gasteiger partial charge in [0.15, 0.2) is 0 Å². The first-order valence-corrected chi connectivity index (χ1v) is 20.5. The number of carbonyl (C=O) groups is 1. The summed E-state index contributed by atoms with van der Waals surface area (Å²) in [6.45, 7) is 4.77. The second-order valence-corrected chi connectivity index (χ2v) is 13.9. The summed E-state index contributed by atoms with van der Waals surface area (Å²) in [5.41, 5.74) is 5.35. The maximum absolute atomic E-state index is 12.5. The van der Waals surface area contributed by atoms with Gasteiger partial charge in [-0.15, -0.1) is 0 Å². The van der Waals surface area contributed by atoms with Gasteiger partial charge in [0.25, 0.3) is 0 Å². The molecule has 0 aliphatic carbocycles. The van der Waals surface area contributed by atoms with Gasteiger partial charge in [0.05, 0.1) is 19.8 Å². The molecule has 47 heavy (non-hydrogen) atoms. The molecule has 0 rings (SSSR count). The number of unbranched alkanes of at least 4 members (excludes halogenated alkanes) is 17. The summed E-state index contributed by atoms with van der Waals surface area (Å²) in [6, 6.07) is 0. The molecule has 0 amide bonds. The van der Waals surface area contributed by atoms with Crippen LogP contribution in [0.3, 0.4) is 0 Å². The molecule has 0 spiro atoms. The van der Waals surface area contributed by atoms with Crippen LogP contribution in [0.1, 0.15) is 162 Å². The van der Waals surface area contributed by atoms with Gasteiger partial charge in [-0.3, -0.25) is 13.8 Å². The molecular formula is C38H72NO7P. The number of allylic oxidation sites excluding steroid dienone is 6. The third kappa shape index (κ3) is 35.8. The third-order valence-corrected chi connectivity index (χ3v) is 8.81. The second-order valence-electron chi connectivity index (χ2n) is 12.4. The van der Waals surface area contributed by atoms with E-state index in [-0.39, 0.29) is 38.8 Å². The van der Waals surface area contributed by atoms with Crippen molar-refractivity contribution in [3.8, 4) is 0 Å². The van der Waals surface area contributed by atoms with Crippen molar-refractivity contribution in [3.05, 3.63) is 36.5 Å². The van der Waals surface area contributed by atoms with Gasteiger partial charge in [-0.1, -0.05) is 147 Å². The molecule has 0 aliphatic rings. The predicted molar refractivity (Wildman–Crippen MR) is 196 cm³/mol.